The van der Waals surface area contributed by atoms with Crippen LogP contribution in [0.5, 0.6) is 0 Å². The van der Waals surface area contributed by atoms with Crippen molar-refractivity contribution in [2.24, 2.45) is 29.6 Å². The van der Waals surface area contributed by atoms with E-state index in [9.17, 15) is 9.59 Å². The van der Waals surface area contributed by atoms with Gasteiger partial charge in [0, 0.05) is 5.41 Å². The van der Waals surface area contributed by atoms with E-state index in [1.807, 2.05) is 39.7 Å². The molecule has 0 saturated heterocycles. The van der Waals surface area contributed by atoms with Crippen molar-refractivity contribution in [3.05, 3.63) is 87.2 Å². The summed E-state index contributed by atoms with van der Waals surface area (Å²) in [5, 5.41) is 0. The molecule has 9 rings (SSSR count). The second kappa shape index (κ2) is 3.75. The van der Waals surface area contributed by atoms with E-state index in [2.05, 4.69) is 30.3 Å². The van der Waals surface area contributed by atoms with Crippen LogP contribution < -0.4 is 11.4 Å². The lowest BCUT2D eigenvalue weighted by atomic mass is 9.75. The number of rotatable bonds is 2. The van der Waals surface area contributed by atoms with Crippen LogP contribution in [0.1, 0.15) is 17.6 Å². The number of hydrogen-bond donors (Lipinski definition) is 0. The van der Waals surface area contributed by atoms with Gasteiger partial charge in [0.25, 0.3) is 0 Å². The third-order valence-corrected chi connectivity index (χ3v) is 8.45. The van der Waals surface area contributed by atoms with Crippen molar-refractivity contribution >= 4 is 0 Å². The Balaban J connectivity index is 1.43. The van der Waals surface area contributed by atoms with Crippen molar-refractivity contribution in [3.8, 4) is 5.69 Å². The zero-order chi connectivity index (χ0) is 17.7. The zero-order valence-corrected chi connectivity index (χ0v) is 14.5. The molecule has 4 saturated carbocycles. The van der Waals surface area contributed by atoms with Gasteiger partial charge in [-0.3, -0.25) is 0 Å². The highest BCUT2D eigenvalue weighted by molar-refractivity contribution is 5.54. The molecule has 2 aliphatic heterocycles. The van der Waals surface area contributed by atoms with Crippen LogP contribution in [-0.4, -0.2) is 13.9 Å². The van der Waals surface area contributed by atoms with Crippen LogP contribution in [0.25, 0.3) is 5.69 Å². The average molecular weight is 355 g/mol. The minimum atomic E-state index is -0.161. The molecule has 0 unspecified atom stereocenters. The van der Waals surface area contributed by atoms with Crippen LogP contribution in [0.4, 0.5) is 0 Å². The van der Waals surface area contributed by atoms with Crippen LogP contribution in [0.3, 0.4) is 0 Å². The van der Waals surface area contributed by atoms with Gasteiger partial charge in [-0.05, 0) is 47.3 Å². The molecule has 2 bridgehead atoms. The lowest BCUT2D eigenvalue weighted by Crippen LogP contribution is -2.50. The Bertz CT molecular complexity index is 1270. The predicted molar refractivity (Wildman–Crippen MR) is 97.9 cm³/mol. The first kappa shape index (κ1) is 13.4. The Kier molecular flexibility index (Phi) is 1.85. The fourth-order valence-electron chi connectivity index (χ4n) is 7.97. The first-order chi connectivity index (χ1) is 13.3. The topological polar surface area (TPSA) is 48.9 Å². The van der Waals surface area contributed by atoms with E-state index < -0.39 is 0 Å². The first-order valence-corrected chi connectivity index (χ1v) is 9.85. The number of aromatic nitrogens is 3. The van der Waals surface area contributed by atoms with Crippen LogP contribution >= 0.6 is 0 Å². The monoisotopic (exact) mass is 355 g/mol. The van der Waals surface area contributed by atoms with Crippen LogP contribution in [-0.2, 0) is 5.41 Å². The molecule has 6 aliphatic rings. The molecule has 3 heterocycles. The summed E-state index contributed by atoms with van der Waals surface area (Å²) in [5.41, 5.74) is 1.82. The van der Waals surface area contributed by atoms with E-state index in [1.54, 1.807) is 0 Å². The summed E-state index contributed by atoms with van der Waals surface area (Å²) >= 11 is 0. The molecule has 8 atom stereocenters. The summed E-state index contributed by atoms with van der Waals surface area (Å²) in [6.07, 6.45) is 0. The van der Waals surface area contributed by atoms with Gasteiger partial charge in [-0.15, -0.1) is 0 Å². The SMILES string of the molecule is O=c1n(-c2ccccc2)c(=O)n2n1[C@H]1[C@@H]3[C@@H]4[C@@H]3[C@H]2[C@]2(c3ccccc3)[C@@H]4[C@H]12. The molecule has 4 aliphatic carbocycles. The molecule has 5 nitrogen and oxygen atoms in total. The molecule has 5 heteroatoms. The standard InChI is InChI=1S/C22H17N3O2/c26-20-23(12-9-5-2-6-10-12)21(27)25-19-15-13-14(15)18(24(20)25)17-16(13)22(17,19)11-7-3-1-4-8-11/h1-10,13-19H/t13-,14-,15+,16+,17-,18+,19+,22-/m1/s1. The summed E-state index contributed by atoms with van der Waals surface area (Å²) in [6.45, 7) is 0. The van der Waals surface area contributed by atoms with Crippen molar-refractivity contribution < 1.29 is 0 Å². The Morgan fingerprint density at radius 1 is 0.704 bits per heavy atom. The maximum absolute atomic E-state index is 13.4. The quantitative estimate of drug-likeness (QED) is 0.706. The highest BCUT2D eigenvalue weighted by Crippen LogP contribution is 2.96. The van der Waals surface area contributed by atoms with Crippen LogP contribution in [0.2, 0.25) is 0 Å². The zero-order valence-electron chi connectivity index (χ0n) is 14.5. The van der Waals surface area contributed by atoms with Crippen molar-refractivity contribution in [2.75, 3.05) is 0 Å². The molecule has 132 valence electrons. The third kappa shape index (κ3) is 1.10. The normalized spacial score (nSPS) is 42.9. The average Bonchev–Trinajstić information content (AvgIpc) is 3.51. The summed E-state index contributed by atoms with van der Waals surface area (Å²) < 4.78 is 5.08. The van der Waals surface area contributed by atoms with Crippen molar-refractivity contribution in [1.82, 2.24) is 13.9 Å². The molecule has 27 heavy (non-hydrogen) atoms. The summed E-state index contributed by atoms with van der Waals surface area (Å²) in [6, 6.07) is 20.4. The lowest BCUT2D eigenvalue weighted by Gasteiger charge is -2.43. The lowest BCUT2D eigenvalue weighted by molar-refractivity contribution is 0.0921. The van der Waals surface area contributed by atoms with Gasteiger partial charge in [0.15, 0.2) is 0 Å². The molecule has 1 aromatic heterocycles. The van der Waals surface area contributed by atoms with E-state index in [0.29, 0.717) is 29.4 Å². The molecule has 0 amide bonds. The smallest absolute Gasteiger partial charge is 0.245 e. The van der Waals surface area contributed by atoms with Crippen molar-refractivity contribution in [2.45, 2.75) is 17.5 Å². The molecular formula is C22H17N3O2. The van der Waals surface area contributed by atoms with Gasteiger partial charge in [-0.2, -0.15) is 0 Å². The number of hydrogen-bond acceptors (Lipinski definition) is 2. The second-order valence-corrected chi connectivity index (χ2v) is 8.94. The van der Waals surface area contributed by atoms with E-state index in [4.69, 9.17) is 0 Å². The van der Waals surface area contributed by atoms with Gasteiger partial charge in [0.05, 0.1) is 17.8 Å². The number of para-hydroxylation sites is 1. The molecule has 2 aromatic carbocycles. The Hall–Kier alpha value is -2.82. The fourth-order valence-corrected chi connectivity index (χ4v) is 7.97. The number of nitrogens with zero attached hydrogens (tertiary/aromatic N) is 3. The first-order valence-electron chi connectivity index (χ1n) is 9.85. The van der Waals surface area contributed by atoms with Crippen LogP contribution in [0.15, 0.2) is 70.3 Å². The molecular weight excluding hydrogens is 338 g/mol. The Labute approximate surface area is 154 Å². The highest BCUT2D eigenvalue weighted by Gasteiger charge is 2.97. The largest absolute Gasteiger partial charge is 0.352 e. The van der Waals surface area contributed by atoms with Gasteiger partial charge in [-0.25, -0.2) is 23.5 Å². The summed E-state index contributed by atoms with van der Waals surface area (Å²) in [7, 11) is 0. The highest BCUT2D eigenvalue weighted by atomic mass is 16.2. The molecule has 0 radical (unpaired) electrons. The minimum Gasteiger partial charge on any atom is -0.245 e. The molecule has 0 spiro atoms. The van der Waals surface area contributed by atoms with Gasteiger partial charge in [0.1, 0.15) is 0 Å². The minimum absolute atomic E-state index is 0.0924. The number of benzene rings is 2. The second-order valence-electron chi connectivity index (χ2n) is 8.94. The molecule has 0 N–H and O–H groups in total. The van der Waals surface area contributed by atoms with E-state index in [0.717, 1.165) is 5.92 Å². The molecule has 3 aromatic rings. The summed E-state index contributed by atoms with van der Waals surface area (Å²) in [4.78, 5) is 26.7. The van der Waals surface area contributed by atoms with Gasteiger partial charge >= 0.3 is 11.4 Å². The van der Waals surface area contributed by atoms with Crippen LogP contribution in [0, 0.1) is 29.6 Å². The predicted octanol–water partition coefficient (Wildman–Crippen LogP) is 1.97. The Morgan fingerprint density at radius 2 is 1.37 bits per heavy atom. The maximum atomic E-state index is 13.4. The third-order valence-electron chi connectivity index (χ3n) is 8.45. The molecule has 4 fully saturated rings. The van der Waals surface area contributed by atoms with Crippen molar-refractivity contribution in [1.29, 1.82) is 0 Å². The van der Waals surface area contributed by atoms with Gasteiger partial charge in [0.2, 0.25) is 0 Å². The van der Waals surface area contributed by atoms with E-state index in [-0.39, 0.29) is 28.9 Å². The van der Waals surface area contributed by atoms with Gasteiger partial charge in [-0.1, -0.05) is 48.5 Å². The van der Waals surface area contributed by atoms with Gasteiger partial charge < -0.3 is 0 Å². The van der Waals surface area contributed by atoms with E-state index in [1.165, 1.54) is 10.1 Å². The van der Waals surface area contributed by atoms with Crippen molar-refractivity contribution in [3.63, 3.8) is 0 Å². The van der Waals surface area contributed by atoms with E-state index >= 15 is 0 Å². The fraction of sp³-hybridized carbons (Fsp3) is 0.364. The summed E-state index contributed by atoms with van der Waals surface area (Å²) in [5.74, 6) is 3.14. The maximum Gasteiger partial charge on any atom is 0.352 e. The Morgan fingerprint density at radius 3 is 2.11 bits per heavy atom.